The zero-order valence-corrected chi connectivity index (χ0v) is 18.2. The standard InChI is InChI=1S/C26H22FN5O/c1-3-20-21-24(22(27)23(29-20)19-10-6-8-15-7-4-5-9-18(15)19)30-26(33-2)31-25(21)32-13-16-11-12-17(14-32)28-16/h1,4-10,16-17,28H,11-14H2,2H3. The summed E-state index contributed by atoms with van der Waals surface area (Å²) in [6, 6.07) is 14.4. The van der Waals surface area contributed by atoms with Crippen LogP contribution in [0.2, 0.25) is 0 Å². The molecule has 2 saturated heterocycles. The molecule has 2 aliphatic rings. The summed E-state index contributed by atoms with van der Waals surface area (Å²) >= 11 is 0. The highest BCUT2D eigenvalue weighted by Crippen LogP contribution is 2.37. The molecule has 2 atom stereocenters. The predicted molar refractivity (Wildman–Crippen MR) is 127 cm³/mol. The van der Waals surface area contributed by atoms with E-state index in [-0.39, 0.29) is 17.2 Å². The molecule has 0 saturated carbocycles. The number of pyridine rings is 1. The Kier molecular flexibility index (Phi) is 4.63. The third kappa shape index (κ3) is 3.18. The predicted octanol–water partition coefficient (Wildman–Crippen LogP) is 3.91. The Labute approximate surface area is 190 Å². The fourth-order valence-corrected chi connectivity index (χ4v) is 5.14. The summed E-state index contributed by atoms with van der Waals surface area (Å²) < 4.78 is 21.5. The molecule has 0 aliphatic carbocycles. The van der Waals surface area contributed by atoms with Crippen LogP contribution < -0.4 is 15.0 Å². The fraction of sp³-hybridized carbons (Fsp3) is 0.269. The number of benzene rings is 2. The van der Waals surface area contributed by atoms with Crippen molar-refractivity contribution in [3.8, 4) is 29.6 Å². The number of rotatable bonds is 3. The van der Waals surface area contributed by atoms with Gasteiger partial charge in [-0.1, -0.05) is 42.5 Å². The molecule has 2 aromatic carbocycles. The maximum Gasteiger partial charge on any atom is 0.318 e. The van der Waals surface area contributed by atoms with Crippen molar-refractivity contribution in [2.45, 2.75) is 24.9 Å². The first-order chi connectivity index (χ1) is 16.2. The molecule has 0 amide bonds. The molecule has 2 unspecified atom stereocenters. The van der Waals surface area contributed by atoms with Gasteiger partial charge in [-0.15, -0.1) is 6.42 Å². The number of nitrogens with zero attached hydrogens (tertiary/aromatic N) is 4. The monoisotopic (exact) mass is 439 g/mol. The Bertz CT molecular complexity index is 1430. The van der Waals surface area contributed by atoms with Gasteiger partial charge in [-0.2, -0.15) is 9.97 Å². The normalized spacial score (nSPS) is 19.7. The third-order valence-corrected chi connectivity index (χ3v) is 6.63. The van der Waals surface area contributed by atoms with Crippen molar-refractivity contribution in [1.82, 2.24) is 20.3 Å². The Morgan fingerprint density at radius 3 is 2.58 bits per heavy atom. The molecule has 1 N–H and O–H groups in total. The molecule has 2 bridgehead atoms. The van der Waals surface area contributed by atoms with Crippen LogP contribution in [0.3, 0.4) is 0 Å². The zero-order chi connectivity index (χ0) is 22.5. The van der Waals surface area contributed by atoms with Crippen molar-refractivity contribution in [1.29, 1.82) is 0 Å². The smallest absolute Gasteiger partial charge is 0.318 e. The van der Waals surface area contributed by atoms with Gasteiger partial charge in [0.05, 0.1) is 12.5 Å². The van der Waals surface area contributed by atoms with Gasteiger partial charge < -0.3 is 15.0 Å². The van der Waals surface area contributed by atoms with Crippen LogP contribution in [-0.4, -0.2) is 47.2 Å². The van der Waals surface area contributed by atoms with Gasteiger partial charge in [-0.25, -0.2) is 9.37 Å². The second kappa shape index (κ2) is 7.68. The summed E-state index contributed by atoms with van der Waals surface area (Å²) in [6.45, 7) is 1.53. The van der Waals surface area contributed by atoms with Gasteiger partial charge in [-0.05, 0) is 29.5 Å². The molecule has 0 spiro atoms. The lowest BCUT2D eigenvalue weighted by atomic mass is 10.00. The minimum Gasteiger partial charge on any atom is -0.467 e. The van der Waals surface area contributed by atoms with Crippen molar-refractivity contribution in [2.75, 3.05) is 25.1 Å². The Morgan fingerprint density at radius 2 is 1.82 bits per heavy atom. The number of hydrogen-bond donors (Lipinski definition) is 1. The number of methoxy groups -OCH3 is 1. The topological polar surface area (TPSA) is 63.2 Å². The first-order valence-electron chi connectivity index (χ1n) is 11.1. The highest BCUT2D eigenvalue weighted by Gasteiger charge is 2.34. The van der Waals surface area contributed by atoms with E-state index < -0.39 is 5.82 Å². The molecule has 4 aromatic rings. The van der Waals surface area contributed by atoms with Gasteiger partial charge in [0.2, 0.25) is 0 Å². The first-order valence-corrected chi connectivity index (χ1v) is 11.1. The van der Waals surface area contributed by atoms with Crippen molar-refractivity contribution in [3.63, 3.8) is 0 Å². The second-order valence-electron chi connectivity index (χ2n) is 8.59. The largest absolute Gasteiger partial charge is 0.467 e. The molecule has 2 fully saturated rings. The number of fused-ring (bicyclic) bond motifs is 4. The highest BCUT2D eigenvalue weighted by atomic mass is 19.1. The summed E-state index contributed by atoms with van der Waals surface area (Å²) in [4.78, 5) is 15.8. The minimum absolute atomic E-state index is 0.111. The van der Waals surface area contributed by atoms with E-state index in [4.69, 9.17) is 11.2 Å². The van der Waals surface area contributed by atoms with Gasteiger partial charge >= 0.3 is 6.01 Å². The molecular weight excluding hydrogens is 417 g/mol. The quantitative estimate of drug-likeness (QED) is 0.489. The Balaban J connectivity index is 1.62. The lowest BCUT2D eigenvalue weighted by molar-refractivity contribution is 0.380. The molecular formula is C26H22FN5O. The Morgan fingerprint density at radius 1 is 1.06 bits per heavy atom. The van der Waals surface area contributed by atoms with Crippen LogP contribution in [0.15, 0.2) is 42.5 Å². The van der Waals surface area contributed by atoms with E-state index in [1.165, 1.54) is 7.11 Å². The maximum atomic E-state index is 16.1. The SMILES string of the molecule is C#Cc1nc(-c2cccc3ccccc23)c(F)c2nc(OC)nc(N3CC4CCC(C3)N4)c12. The molecule has 2 aromatic heterocycles. The summed E-state index contributed by atoms with van der Waals surface area (Å²) in [5.41, 5.74) is 1.31. The maximum absolute atomic E-state index is 16.1. The number of halogens is 1. The van der Waals surface area contributed by atoms with Gasteiger partial charge in [0.15, 0.2) is 5.82 Å². The van der Waals surface area contributed by atoms with Crippen LogP contribution in [0, 0.1) is 18.2 Å². The van der Waals surface area contributed by atoms with Gasteiger partial charge in [0, 0.05) is 30.7 Å². The van der Waals surface area contributed by atoms with E-state index in [2.05, 4.69) is 31.1 Å². The average molecular weight is 439 g/mol. The van der Waals surface area contributed by atoms with Crippen molar-refractivity contribution in [2.24, 2.45) is 0 Å². The lowest BCUT2D eigenvalue weighted by Gasteiger charge is -2.34. The zero-order valence-electron chi connectivity index (χ0n) is 18.2. The number of piperazine rings is 1. The van der Waals surface area contributed by atoms with E-state index in [9.17, 15) is 0 Å². The number of anilines is 1. The lowest BCUT2D eigenvalue weighted by Crippen LogP contribution is -2.51. The molecule has 7 heteroatoms. The first kappa shape index (κ1) is 19.9. The molecule has 2 aliphatic heterocycles. The van der Waals surface area contributed by atoms with Crippen LogP contribution in [-0.2, 0) is 0 Å². The summed E-state index contributed by atoms with van der Waals surface area (Å²) in [5.74, 6) is 2.72. The summed E-state index contributed by atoms with van der Waals surface area (Å²) in [5, 5.41) is 5.96. The minimum atomic E-state index is -0.527. The van der Waals surface area contributed by atoms with Crippen LogP contribution in [0.5, 0.6) is 6.01 Å². The average Bonchev–Trinajstić information content (AvgIpc) is 3.20. The highest BCUT2D eigenvalue weighted by molar-refractivity contribution is 6.00. The van der Waals surface area contributed by atoms with Crippen molar-refractivity contribution >= 4 is 27.5 Å². The molecule has 33 heavy (non-hydrogen) atoms. The van der Waals surface area contributed by atoms with Crippen LogP contribution in [0.25, 0.3) is 32.9 Å². The van der Waals surface area contributed by atoms with Crippen LogP contribution in [0.4, 0.5) is 10.2 Å². The van der Waals surface area contributed by atoms with Crippen molar-refractivity contribution < 1.29 is 9.13 Å². The molecule has 6 nitrogen and oxygen atoms in total. The third-order valence-electron chi connectivity index (χ3n) is 6.63. The van der Waals surface area contributed by atoms with Crippen molar-refractivity contribution in [3.05, 3.63) is 54.0 Å². The number of aromatic nitrogens is 3. The number of ether oxygens (including phenoxy) is 1. The van der Waals surface area contributed by atoms with Crippen LogP contribution >= 0.6 is 0 Å². The van der Waals surface area contributed by atoms with Gasteiger partial charge in [0.25, 0.3) is 0 Å². The van der Waals surface area contributed by atoms with Gasteiger partial charge in [-0.3, -0.25) is 0 Å². The summed E-state index contributed by atoms with van der Waals surface area (Å²) in [6.07, 6.45) is 8.13. The fourth-order valence-electron chi connectivity index (χ4n) is 5.14. The van der Waals surface area contributed by atoms with E-state index in [1.54, 1.807) is 0 Å². The van der Waals surface area contributed by atoms with E-state index in [1.807, 2.05) is 42.5 Å². The van der Waals surface area contributed by atoms with E-state index >= 15 is 4.39 Å². The number of hydrogen-bond acceptors (Lipinski definition) is 6. The summed E-state index contributed by atoms with van der Waals surface area (Å²) in [7, 11) is 1.49. The molecule has 164 valence electrons. The van der Waals surface area contributed by atoms with E-state index in [0.29, 0.717) is 34.5 Å². The van der Waals surface area contributed by atoms with Crippen LogP contribution in [0.1, 0.15) is 18.5 Å². The molecule has 6 rings (SSSR count). The van der Waals surface area contributed by atoms with E-state index in [0.717, 1.165) is 36.7 Å². The number of nitrogens with one attached hydrogen (secondary N) is 1. The number of terminal acetylenes is 1. The molecule has 4 heterocycles. The molecule has 0 radical (unpaired) electrons. The Hall–Kier alpha value is -3.76. The second-order valence-corrected chi connectivity index (χ2v) is 8.59. The van der Waals surface area contributed by atoms with Gasteiger partial charge in [0.1, 0.15) is 22.7 Å².